The number of nitrogens with one attached hydrogen (secondary N) is 1. The van der Waals surface area contributed by atoms with Crippen molar-refractivity contribution >= 4 is 28.3 Å². The Hall–Kier alpha value is -3.92. The van der Waals surface area contributed by atoms with Crippen LogP contribution in [0.1, 0.15) is 46.1 Å². The van der Waals surface area contributed by atoms with Crippen molar-refractivity contribution in [3.05, 3.63) is 111 Å². The first-order chi connectivity index (χ1) is 20.2. The van der Waals surface area contributed by atoms with Crippen LogP contribution in [-0.2, 0) is 18.0 Å². The van der Waals surface area contributed by atoms with E-state index in [9.17, 15) is 22.0 Å². The number of allylic oxidation sites excluding steroid dienone is 1. The second-order valence-corrected chi connectivity index (χ2v) is 11.5. The van der Waals surface area contributed by atoms with E-state index >= 15 is 0 Å². The highest BCUT2D eigenvalue weighted by Crippen LogP contribution is 2.43. The average Bonchev–Trinajstić information content (AvgIpc) is 2.93. The Morgan fingerprint density at radius 1 is 1.02 bits per heavy atom. The maximum absolute atomic E-state index is 13.9. The number of aromatic nitrogens is 2. The zero-order valence-corrected chi connectivity index (χ0v) is 24.8. The Kier molecular flexibility index (Phi) is 7.79. The van der Waals surface area contributed by atoms with Crippen molar-refractivity contribution in [1.29, 1.82) is 0 Å². The topological polar surface area (TPSA) is 67.1 Å². The monoisotopic (exact) mass is 615 g/mol. The van der Waals surface area contributed by atoms with E-state index < -0.39 is 36.2 Å². The van der Waals surface area contributed by atoms with Crippen molar-refractivity contribution in [1.82, 2.24) is 15.3 Å². The Bertz CT molecular complexity index is 1710. The fourth-order valence-corrected chi connectivity index (χ4v) is 6.13. The van der Waals surface area contributed by atoms with E-state index in [2.05, 4.69) is 10.3 Å². The molecule has 0 aliphatic carbocycles. The number of alkyl halides is 5. The molecule has 1 aliphatic heterocycles. The molecule has 0 saturated carbocycles. The summed E-state index contributed by atoms with van der Waals surface area (Å²) in [4.78, 5) is 10.9. The molecule has 2 aromatic heterocycles. The predicted molar refractivity (Wildman–Crippen MR) is 160 cm³/mol. The lowest BCUT2D eigenvalue weighted by Crippen LogP contribution is -2.57. The lowest BCUT2D eigenvalue weighted by atomic mass is 9.72. The molecule has 43 heavy (non-hydrogen) atoms. The Balaban J connectivity index is 1.69. The van der Waals surface area contributed by atoms with Crippen molar-refractivity contribution in [3.8, 4) is 0 Å². The number of rotatable bonds is 7. The normalized spacial score (nSPS) is 16.6. The SMILES string of the molecule is CN/C(=C\N)C(C)(c1ccc2nc(N3CC(F)(F)C3)c(Cc3ccc(C(F)(F)F)cc3)c(Cl)c2c1)c1ccc(C)nc1C. The van der Waals surface area contributed by atoms with Crippen LogP contribution >= 0.6 is 11.6 Å². The van der Waals surface area contributed by atoms with Crippen LogP contribution in [-0.4, -0.2) is 36.0 Å². The summed E-state index contributed by atoms with van der Waals surface area (Å²) in [5, 5.41) is 4.07. The average molecular weight is 616 g/mol. The van der Waals surface area contributed by atoms with Gasteiger partial charge >= 0.3 is 6.18 Å². The first kappa shape index (κ1) is 30.5. The zero-order chi connectivity index (χ0) is 31.3. The number of likely N-dealkylation sites (N-methyl/N-ethyl adjacent to an activating group) is 1. The summed E-state index contributed by atoms with van der Waals surface area (Å²) in [6.45, 7) is 4.81. The highest BCUT2D eigenvalue weighted by Gasteiger charge is 2.45. The van der Waals surface area contributed by atoms with Gasteiger partial charge in [0.25, 0.3) is 5.92 Å². The third-order valence-electron chi connectivity index (χ3n) is 8.12. The molecule has 3 heterocycles. The Morgan fingerprint density at radius 2 is 1.67 bits per heavy atom. The molecule has 226 valence electrons. The summed E-state index contributed by atoms with van der Waals surface area (Å²) in [5.41, 5.74) is 10.2. The maximum Gasteiger partial charge on any atom is 0.416 e. The molecule has 4 aromatic rings. The lowest BCUT2D eigenvalue weighted by molar-refractivity contribution is -0.137. The van der Waals surface area contributed by atoms with Crippen molar-refractivity contribution in [2.24, 2.45) is 5.73 Å². The van der Waals surface area contributed by atoms with Crippen LogP contribution in [0, 0.1) is 13.8 Å². The molecule has 1 unspecified atom stereocenters. The minimum atomic E-state index is -4.48. The summed E-state index contributed by atoms with van der Waals surface area (Å²) in [6, 6.07) is 14.2. The fourth-order valence-electron chi connectivity index (χ4n) is 5.83. The summed E-state index contributed by atoms with van der Waals surface area (Å²) < 4.78 is 67.3. The van der Waals surface area contributed by atoms with Gasteiger partial charge in [-0.05, 0) is 67.8 Å². The van der Waals surface area contributed by atoms with Crippen molar-refractivity contribution in [2.45, 2.75) is 44.7 Å². The third-order valence-corrected chi connectivity index (χ3v) is 8.55. The van der Waals surface area contributed by atoms with E-state index in [1.54, 1.807) is 13.1 Å². The van der Waals surface area contributed by atoms with Gasteiger partial charge in [-0.15, -0.1) is 0 Å². The van der Waals surface area contributed by atoms with Crippen LogP contribution in [0.2, 0.25) is 5.02 Å². The first-order valence-corrected chi connectivity index (χ1v) is 14.0. The molecule has 5 rings (SSSR count). The summed E-state index contributed by atoms with van der Waals surface area (Å²) >= 11 is 7.06. The van der Waals surface area contributed by atoms with Crippen LogP contribution in [0.25, 0.3) is 10.9 Å². The quantitative estimate of drug-likeness (QED) is 0.214. The predicted octanol–water partition coefficient (Wildman–Crippen LogP) is 7.29. The van der Waals surface area contributed by atoms with E-state index in [0.29, 0.717) is 32.7 Å². The standard InChI is InChI=1S/C32H31ClF5N5/c1-18-5-11-25(19(2)41-18)30(3,27(15-39)40-4)22-10-12-26-23(14-22)28(33)24(29(42-26)43-16-31(34,35)17-43)13-20-6-8-21(9-7-20)32(36,37)38/h5-12,14-15,40H,13,16-17,39H2,1-4H3/b27-15-. The van der Waals surface area contributed by atoms with Gasteiger partial charge in [0.1, 0.15) is 5.82 Å². The van der Waals surface area contributed by atoms with Gasteiger partial charge in [0.15, 0.2) is 0 Å². The molecule has 11 heteroatoms. The number of hydrogen-bond donors (Lipinski definition) is 2. The van der Waals surface area contributed by atoms with Gasteiger partial charge in [-0.2, -0.15) is 13.2 Å². The number of anilines is 1. The minimum Gasteiger partial charge on any atom is -0.403 e. The van der Waals surface area contributed by atoms with Crippen molar-refractivity contribution in [3.63, 3.8) is 0 Å². The van der Waals surface area contributed by atoms with Crippen LogP contribution in [0.3, 0.4) is 0 Å². The van der Waals surface area contributed by atoms with Gasteiger partial charge in [0, 0.05) is 47.7 Å². The number of hydrogen-bond acceptors (Lipinski definition) is 5. The second-order valence-electron chi connectivity index (χ2n) is 11.1. The summed E-state index contributed by atoms with van der Waals surface area (Å²) in [6.07, 6.45) is -2.87. The van der Waals surface area contributed by atoms with Gasteiger partial charge in [-0.25, -0.2) is 13.8 Å². The number of halogens is 6. The summed E-state index contributed by atoms with van der Waals surface area (Å²) in [5.74, 6) is -2.58. The molecule has 3 N–H and O–H groups in total. The third kappa shape index (κ3) is 5.60. The second kappa shape index (κ2) is 11.0. The van der Waals surface area contributed by atoms with E-state index in [4.69, 9.17) is 22.3 Å². The smallest absolute Gasteiger partial charge is 0.403 e. The molecular formula is C32H31ClF5N5. The zero-order valence-electron chi connectivity index (χ0n) is 24.1. The van der Waals surface area contributed by atoms with Crippen LogP contribution in [0.4, 0.5) is 27.8 Å². The van der Waals surface area contributed by atoms with E-state index in [-0.39, 0.29) is 12.2 Å². The molecule has 1 fully saturated rings. The molecule has 1 atom stereocenters. The van der Waals surface area contributed by atoms with Crippen LogP contribution in [0.15, 0.2) is 66.5 Å². The van der Waals surface area contributed by atoms with Gasteiger partial charge in [-0.1, -0.05) is 35.9 Å². The van der Waals surface area contributed by atoms with Gasteiger partial charge in [0.05, 0.1) is 34.6 Å². The molecule has 0 amide bonds. The van der Waals surface area contributed by atoms with Crippen molar-refractivity contribution in [2.75, 3.05) is 25.0 Å². The molecule has 2 aromatic carbocycles. The summed E-state index contributed by atoms with van der Waals surface area (Å²) in [7, 11) is 1.78. The lowest BCUT2D eigenvalue weighted by Gasteiger charge is -2.40. The highest BCUT2D eigenvalue weighted by atomic mass is 35.5. The van der Waals surface area contributed by atoms with Gasteiger partial charge in [0.2, 0.25) is 0 Å². The molecule has 0 radical (unpaired) electrons. The fraction of sp³-hybridized carbons (Fsp3) is 0.312. The van der Waals surface area contributed by atoms with Gasteiger partial charge in [-0.3, -0.25) is 4.98 Å². The molecule has 5 nitrogen and oxygen atoms in total. The number of pyridine rings is 2. The van der Waals surface area contributed by atoms with E-state index in [0.717, 1.165) is 34.6 Å². The molecule has 1 aliphatic rings. The molecular weight excluding hydrogens is 585 g/mol. The van der Waals surface area contributed by atoms with E-state index in [1.807, 2.05) is 45.0 Å². The first-order valence-electron chi connectivity index (χ1n) is 13.6. The number of nitrogens with zero attached hydrogens (tertiary/aromatic N) is 3. The Labute approximate surface area is 251 Å². The number of nitrogens with two attached hydrogens (primary N) is 1. The molecule has 1 saturated heterocycles. The molecule has 0 spiro atoms. The largest absolute Gasteiger partial charge is 0.416 e. The van der Waals surface area contributed by atoms with Crippen molar-refractivity contribution < 1.29 is 22.0 Å². The van der Waals surface area contributed by atoms with Gasteiger partial charge < -0.3 is 16.0 Å². The Morgan fingerprint density at radius 3 is 2.23 bits per heavy atom. The molecule has 0 bridgehead atoms. The van der Waals surface area contributed by atoms with Crippen LogP contribution < -0.4 is 16.0 Å². The van der Waals surface area contributed by atoms with E-state index in [1.165, 1.54) is 23.2 Å². The van der Waals surface area contributed by atoms with Crippen LogP contribution in [0.5, 0.6) is 0 Å². The minimum absolute atomic E-state index is 0.101. The maximum atomic E-state index is 13.9. The highest BCUT2D eigenvalue weighted by molar-refractivity contribution is 6.36. The number of aryl methyl sites for hydroxylation is 2. The number of fused-ring (bicyclic) bond motifs is 1. The number of benzene rings is 2.